The number of aliphatic hydroxyl groups excluding tert-OH is 2. The summed E-state index contributed by atoms with van der Waals surface area (Å²) in [5.41, 5.74) is 12.0. The van der Waals surface area contributed by atoms with E-state index in [0.717, 1.165) is 0 Å². The molecule has 1 aliphatic rings. The summed E-state index contributed by atoms with van der Waals surface area (Å²) in [5.74, 6) is 0.920. The second-order valence-corrected chi connectivity index (χ2v) is 7.41. The predicted octanol–water partition coefficient (Wildman–Crippen LogP) is -0.744. The summed E-state index contributed by atoms with van der Waals surface area (Å²) in [6.07, 6.45) is -0.0286. The molecule has 0 aliphatic carbocycles. The van der Waals surface area contributed by atoms with Gasteiger partial charge in [0.2, 0.25) is 0 Å². The molecule has 0 aromatic carbocycles. The molecule has 0 amide bonds. The van der Waals surface area contributed by atoms with Crippen LogP contribution in [0.25, 0.3) is 11.0 Å². The van der Waals surface area contributed by atoms with Gasteiger partial charge in [0.05, 0.1) is 18.6 Å². The molecular weight excluding hydrogens is 374 g/mol. The van der Waals surface area contributed by atoms with Gasteiger partial charge in [-0.1, -0.05) is 0 Å². The van der Waals surface area contributed by atoms with E-state index in [0.29, 0.717) is 34.8 Å². The highest BCUT2D eigenvalue weighted by Crippen LogP contribution is 2.34. The summed E-state index contributed by atoms with van der Waals surface area (Å²) in [4.78, 5) is 19.4. The number of hydrogen-bond acceptors (Lipinski definition) is 10. The number of rotatable bonds is 7. The summed E-state index contributed by atoms with van der Waals surface area (Å²) in [7, 11) is 1.29. The average Bonchev–Trinajstić information content (AvgIpc) is 3.21. The number of nitrogens with two attached hydrogens (primary N) is 2. The van der Waals surface area contributed by atoms with Gasteiger partial charge in [-0.05, 0) is 18.2 Å². The highest BCUT2D eigenvalue weighted by atomic mass is 32.2. The molecule has 0 spiro atoms. The van der Waals surface area contributed by atoms with Crippen molar-refractivity contribution in [3.63, 3.8) is 0 Å². The number of carbonyl (C=O) groups excluding carboxylic acids is 1. The van der Waals surface area contributed by atoms with Crippen molar-refractivity contribution in [1.82, 2.24) is 14.5 Å². The quantitative estimate of drug-likeness (QED) is 0.346. The van der Waals surface area contributed by atoms with Gasteiger partial charge in [-0.25, -0.2) is 9.97 Å². The van der Waals surface area contributed by atoms with Crippen molar-refractivity contribution >= 4 is 34.6 Å². The lowest BCUT2D eigenvalue weighted by Gasteiger charge is -2.17. The Morgan fingerprint density at radius 1 is 1.44 bits per heavy atom. The molecule has 0 saturated carbocycles. The van der Waals surface area contributed by atoms with Crippen molar-refractivity contribution in [2.75, 3.05) is 24.3 Å². The lowest BCUT2D eigenvalue weighted by Crippen LogP contribution is -2.33. The van der Waals surface area contributed by atoms with Crippen LogP contribution in [0.4, 0.5) is 5.82 Å². The molecule has 1 fully saturated rings. The summed E-state index contributed by atoms with van der Waals surface area (Å²) >= 11 is 1.48. The molecule has 5 atom stereocenters. The number of ether oxygens (including phenoxy) is 2. The van der Waals surface area contributed by atoms with Gasteiger partial charge in [0.15, 0.2) is 6.23 Å². The fourth-order valence-electron chi connectivity index (χ4n) is 2.97. The number of nitrogens with zero attached hydrogens (tertiary/aromatic N) is 3. The molecule has 148 valence electrons. The SMILES string of the molecule is COC(=O)[C@H](N)CCSC[C@H]1O[C@@H](n2ccc3c(N)ncnc32)[C@H](O)[C@@H]1O. The van der Waals surface area contributed by atoms with Crippen LogP contribution in [0.5, 0.6) is 0 Å². The highest BCUT2D eigenvalue weighted by Gasteiger charge is 2.43. The number of thioether (sulfide) groups is 1. The number of aromatic nitrogens is 3. The third-order valence-electron chi connectivity index (χ3n) is 4.51. The first-order valence-electron chi connectivity index (χ1n) is 8.43. The first-order chi connectivity index (χ1) is 12.9. The van der Waals surface area contributed by atoms with Gasteiger partial charge in [0, 0.05) is 11.9 Å². The van der Waals surface area contributed by atoms with E-state index in [1.165, 1.54) is 25.2 Å². The number of aliphatic hydroxyl groups is 2. The smallest absolute Gasteiger partial charge is 0.322 e. The zero-order valence-electron chi connectivity index (χ0n) is 14.8. The van der Waals surface area contributed by atoms with Crippen LogP contribution in [0.1, 0.15) is 12.6 Å². The van der Waals surface area contributed by atoms with Crippen LogP contribution < -0.4 is 11.5 Å². The minimum Gasteiger partial charge on any atom is -0.468 e. The predicted molar refractivity (Wildman–Crippen MR) is 99.8 cm³/mol. The molecule has 6 N–H and O–H groups in total. The number of carbonyl (C=O) groups is 1. The first kappa shape index (κ1) is 19.8. The topological polar surface area (TPSA) is 159 Å². The maximum Gasteiger partial charge on any atom is 0.322 e. The largest absolute Gasteiger partial charge is 0.468 e. The fraction of sp³-hybridized carbons (Fsp3) is 0.562. The third-order valence-corrected chi connectivity index (χ3v) is 5.60. The molecule has 11 heteroatoms. The highest BCUT2D eigenvalue weighted by molar-refractivity contribution is 7.99. The van der Waals surface area contributed by atoms with Gasteiger partial charge in [-0.15, -0.1) is 0 Å². The van der Waals surface area contributed by atoms with E-state index >= 15 is 0 Å². The number of hydrogen-bond donors (Lipinski definition) is 4. The Kier molecular flexibility index (Phi) is 6.17. The van der Waals surface area contributed by atoms with Crippen molar-refractivity contribution in [1.29, 1.82) is 0 Å². The lowest BCUT2D eigenvalue weighted by atomic mass is 10.1. The molecule has 0 unspecified atom stereocenters. The summed E-state index contributed by atoms with van der Waals surface area (Å²) in [6, 6.07) is 1.07. The van der Waals surface area contributed by atoms with Crippen LogP contribution in [0, 0.1) is 0 Å². The Labute approximate surface area is 159 Å². The Hall–Kier alpha value is -1.92. The molecule has 3 heterocycles. The van der Waals surface area contributed by atoms with Gasteiger partial charge < -0.3 is 35.7 Å². The monoisotopic (exact) mass is 397 g/mol. The molecule has 27 heavy (non-hydrogen) atoms. The number of esters is 1. The van der Waals surface area contributed by atoms with E-state index in [4.69, 9.17) is 16.2 Å². The van der Waals surface area contributed by atoms with Crippen LogP contribution in [-0.4, -0.2) is 73.7 Å². The Morgan fingerprint density at radius 3 is 2.96 bits per heavy atom. The molecule has 1 aliphatic heterocycles. The molecule has 2 aromatic heterocycles. The second-order valence-electron chi connectivity index (χ2n) is 6.26. The number of nitrogen functional groups attached to an aromatic ring is 1. The van der Waals surface area contributed by atoms with Crippen LogP contribution in [-0.2, 0) is 14.3 Å². The number of anilines is 1. The number of methoxy groups -OCH3 is 1. The molecule has 2 aromatic rings. The maximum atomic E-state index is 11.3. The Balaban J connectivity index is 1.60. The fourth-order valence-corrected chi connectivity index (χ4v) is 4.07. The summed E-state index contributed by atoms with van der Waals surface area (Å²) in [5, 5.41) is 21.4. The van der Waals surface area contributed by atoms with E-state index < -0.39 is 36.6 Å². The van der Waals surface area contributed by atoms with Gasteiger partial charge in [-0.3, -0.25) is 4.79 Å². The second kappa shape index (κ2) is 8.40. The Bertz CT molecular complexity index is 803. The van der Waals surface area contributed by atoms with Crippen molar-refractivity contribution in [2.45, 2.75) is 37.0 Å². The van der Waals surface area contributed by atoms with E-state index in [1.807, 2.05) is 0 Å². The van der Waals surface area contributed by atoms with Crippen molar-refractivity contribution < 1.29 is 24.5 Å². The zero-order chi connectivity index (χ0) is 19.6. The van der Waals surface area contributed by atoms with Gasteiger partial charge in [-0.2, -0.15) is 11.8 Å². The van der Waals surface area contributed by atoms with Crippen molar-refractivity contribution in [3.8, 4) is 0 Å². The lowest BCUT2D eigenvalue weighted by molar-refractivity contribution is -0.142. The van der Waals surface area contributed by atoms with E-state index in [1.54, 1.807) is 16.8 Å². The van der Waals surface area contributed by atoms with Crippen LogP contribution in [0.2, 0.25) is 0 Å². The van der Waals surface area contributed by atoms with Gasteiger partial charge >= 0.3 is 5.97 Å². The Morgan fingerprint density at radius 2 is 2.22 bits per heavy atom. The molecule has 0 bridgehead atoms. The van der Waals surface area contributed by atoms with Crippen LogP contribution >= 0.6 is 11.8 Å². The van der Waals surface area contributed by atoms with Gasteiger partial charge in [0.1, 0.15) is 36.0 Å². The minimum atomic E-state index is -1.11. The molecular formula is C16H23N5O5S. The third kappa shape index (κ3) is 4.01. The maximum absolute atomic E-state index is 11.3. The van der Waals surface area contributed by atoms with Gasteiger partial charge in [0.25, 0.3) is 0 Å². The van der Waals surface area contributed by atoms with E-state index in [-0.39, 0.29) is 0 Å². The average molecular weight is 397 g/mol. The van der Waals surface area contributed by atoms with E-state index in [2.05, 4.69) is 14.7 Å². The zero-order valence-corrected chi connectivity index (χ0v) is 15.6. The summed E-state index contributed by atoms with van der Waals surface area (Å²) in [6.45, 7) is 0. The first-order valence-corrected chi connectivity index (χ1v) is 9.59. The standard InChI is InChI=1S/C16H23N5O5S/c1-25-16(24)9(17)3-5-27-6-10-11(22)12(23)15(26-10)21-4-2-8-13(18)19-7-20-14(8)21/h2,4,7,9-12,15,22-23H,3,5-6,17H2,1H3,(H2,18,19,20)/t9-,10-,11-,12-,15-/m1/s1. The summed E-state index contributed by atoms with van der Waals surface area (Å²) < 4.78 is 12.1. The number of fused-ring (bicyclic) bond motifs is 1. The van der Waals surface area contributed by atoms with Crippen molar-refractivity contribution in [2.24, 2.45) is 5.73 Å². The minimum absolute atomic E-state index is 0.334. The normalized spacial score (nSPS) is 26.4. The molecule has 1 saturated heterocycles. The van der Waals surface area contributed by atoms with Crippen LogP contribution in [0.3, 0.4) is 0 Å². The molecule has 10 nitrogen and oxygen atoms in total. The molecule has 3 rings (SSSR count). The van der Waals surface area contributed by atoms with E-state index in [9.17, 15) is 15.0 Å². The molecule has 0 radical (unpaired) electrons. The van der Waals surface area contributed by atoms with Crippen LogP contribution in [0.15, 0.2) is 18.6 Å². The van der Waals surface area contributed by atoms with Crippen molar-refractivity contribution in [3.05, 3.63) is 18.6 Å².